The predicted octanol–water partition coefficient (Wildman–Crippen LogP) is 4.67. The van der Waals surface area contributed by atoms with Crippen LogP contribution in [-0.4, -0.2) is 29.8 Å². The summed E-state index contributed by atoms with van der Waals surface area (Å²) in [5.74, 6) is -0.318. The molecule has 0 radical (unpaired) electrons. The third-order valence-corrected chi connectivity index (χ3v) is 4.88. The maximum Gasteiger partial charge on any atom is 0.335 e. The molecule has 0 aliphatic carbocycles. The number of nitrogens with zero attached hydrogens (tertiary/aromatic N) is 6. The molecule has 4 aromatic rings. The first-order valence-electron chi connectivity index (χ1n) is 8.60. The molecule has 1 unspecified atom stereocenters. The Morgan fingerprint density at radius 2 is 1.79 bits per heavy atom. The van der Waals surface area contributed by atoms with Crippen molar-refractivity contribution in [1.82, 2.24) is 29.8 Å². The van der Waals surface area contributed by atoms with E-state index in [1.807, 2.05) is 12.1 Å². The van der Waals surface area contributed by atoms with Crippen LogP contribution in [0.2, 0.25) is 0 Å². The first-order valence-corrected chi connectivity index (χ1v) is 9.39. The summed E-state index contributed by atoms with van der Waals surface area (Å²) in [6, 6.07) is 9.57. The lowest BCUT2D eigenvalue weighted by Crippen LogP contribution is -2.15. The second kappa shape index (κ2) is 8.16. The molecular formula is C19H14BrF3N6. The van der Waals surface area contributed by atoms with Crippen LogP contribution in [0.5, 0.6) is 0 Å². The number of hydrogen-bond acceptors (Lipinski definition) is 4. The maximum atomic E-state index is 13.3. The molecule has 0 N–H and O–H groups in total. The van der Waals surface area contributed by atoms with E-state index in [-0.39, 0.29) is 17.6 Å². The van der Waals surface area contributed by atoms with E-state index in [9.17, 15) is 13.2 Å². The average molecular weight is 463 g/mol. The van der Waals surface area contributed by atoms with E-state index in [1.165, 1.54) is 24.5 Å². The van der Waals surface area contributed by atoms with E-state index in [0.29, 0.717) is 16.7 Å². The van der Waals surface area contributed by atoms with Crippen molar-refractivity contribution in [1.29, 1.82) is 0 Å². The Balaban J connectivity index is 1.71. The molecular weight excluding hydrogens is 449 g/mol. The number of benzene rings is 1. The molecule has 148 valence electrons. The lowest BCUT2D eigenvalue weighted by atomic mass is 10.0. The van der Waals surface area contributed by atoms with Gasteiger partial charge in [-0.1, -0.05) is 17.3 Å². The molecule has 1 atom stereocenters. The molecule has 0 bridgehead atoms. The molecule has 6 nitrogen and oxygen atoms in total. The molecule has 0 saturated heterocycles. The van der Waals surface area contributed by atoms with Gasteiger partial charge >= 0.3 is 6.55 Å². The Hall–Kier alpha value is -3.01. The van der Waals surface area contributed by atoms with E-state index >= 15 is 0 Å². The zero-order valence-electron chi connectivity index (χ0n) is 14.8. The van der Waals surface area contributed by atoms with Gasteiger partial charge in [0, 0.05) is 28.9 Å². The van der Waals surface area contributed by atoms with Gasteiger partial charge in [-0.15, -0.1) is 5.10 Å². The number of halogens is 4. The quantitative estimate of drug-likeness (QED) is 0.417. The van der Waals surface area contributed by atoms with E-state index < -0.39 is 6.55 Å². The summed E-state index contributed by atoms with van der Waals surface area (Å²) in [5.41, 5.74) is 2.23. The van der Waals surface area contributed by atoms with Crippen LogP contribution < -0.4 is 0 Å². The van der Waals surface area contributed by atoms with Crippen molar-refractivity contribution in [3.8, 4) is 11.3 Å². The Bertz CT molecular complexity index is 1090. The minimum Gasteiger partial charge on any atom is -0.263 e. The molecule has 3 heterocycles. The highest BCUT2D eigenvalue weighted by Gasteiger charge is 2.20. The Labute approximate surface area is 172 Å². The van der Waals surface area contributed by atoms with Crippen LogP contribution in [-0.2, 0) is 6.42 Å². The van der Waals surface area contributed by atoms with Crippen LogP contribution in [0.4, 0.5) is 13.2 Å². The summed E-state index contributed by atoms with van der Waals surface area (Å²) < 4.78 is 42.5. The number of rotatable bonds is 6. The SMILES string of the molecule is Fc1ccc(CC(c2ccc(Br)cn2)n2cc(-c3cnnn3C(F)F)cn2)cc1. The van der Waals surface area contributed by atoms with Crippen molar-refractivity contribution >= 4 is 15.9 Å². The number of aromatic nitrogens is 6. The van der Waals surface area contributed by atoms with Crippen LogP contribution in [0.25, 0.3) is 11.3 Å². The first-order chi connectivity index (χ1) is 14.0. The normalized spacial score (nSPS) is 12.4. The highest BCUT2D eigenvalue weighted by atomic mass is 79.9. The van der Waals surface area contributed by atoms with Gasteiger partial charge in [-0.25, -0.2) is 4.39 Å². The highest BCUT2D eigenvalue weighted by molar-refractivity contribution is 9.10. The van der Waals surface area contributed by atoms with Gasteiger partial charge in [0.2, 0.25) is 0 Å². The fourth-order valence-electron chi connectivity index (χ4n) is 3.00. The summed E-state index contributed by atoms with van der Waals surface area (Å²) in [6.07, 6.45) is 6.56. The first kappa shape index (κ1) is 19.3. The second-order valence-corrected chi connectivity index (χ2v) is 7.21. The fourth-order valence-corrected chi connectivity index (χ4v) is 3.23. The van der Waals surface area contributed by atoms with Gasteiger partial charge in [0.05, 0.1) is 29.8 Å². The van der Waals surface area contributed by atoms with Gasteiger partial charge in [-0.05, 0) is 45.8 Å². The molecule has 3 aromatic heterocycles. The van der Waals surface area contributed by atoms with Gasteiger partial charge in [0.1, 0.15) is 5.82 Å². The molecule has 0 saturated carbocycles. The maximum absolute atomic E-state index is 13.3. The summed E-state index contributed by atoms with van der Waals surface area (Å²) in [6.45, 7) is -2.81. The van der Waals surface area contributed by atoms with Gasteiger partial charge in [0.25, 0.3) is 0 Å². The van der Waals surface area contributed by atoms with Crippen LogP contribution >= 0.6 is 15.9 Å². The van der Waals surface area contributed by atoms with Gasteiger partial charge < -0.3 is 0 Å². The van der Waals surface area contributed by atoms with E-state index in [0.717, 1.165) is 15.7 Å². The molecule has 10 heteroatoms. The van der Waals surface area contributed by atoms with E-state index in [2.05, 4.69) is 36.3 Å². The Morgan fingerprint density at radius 3 is 2.48 bits per heavy atom. The standard InChI is InChI=1S/C19H14BrF3N6/c20-14-3-6-16(24-9-14)17(7-12-1-4-15(21)5-2-12)28-11-13(8-26-28)18-10-25-27-29(18)19(22)23/h1-6,8-11,17,19H,7H2. The summed E-state index contributed by atoms with van der Waals surface area (Å²) in [5, 5.41) is 11.3. The smallest absolute Gasteiger partial charge is 0.263 e. The van der Waals surface area contributed by atoms with Crippen LogP contribution in [0.15, 0.2) is 65.7 Å². The molecule has 0 aliphatic heterocycles. The third-order valence-electron chi connectivity index (χ3n) is 4.41. The van der Waals surface area contributed by atoms with Crippen molar-refractivity contribution in [3.05, 3.63) is 82.7 Å². The molecule has 0 amide bonds. The molecule has 1 aromatic carbocycles. The van der Waals surface area contributed by atoms with E-state index in [4.69, 9.17) is 0 Å². The van der Waals surface area contributed by atoms with Crippen LogP contribution in [0.1, 0.15) is 23.8 Å². The molecule has 0 aliphatic rings. The summed E-state index contributed by atoms with van der Waals surface area (Å²) in [7, 11) is 0. The molecule has 0 fully saturated rings. The lowest BCUT2D eigenvalue weighted by molar-refractivity contribution is 0.0565. The Kier molecular flexibility index (Phi) is 5.43. The Morgan fingerprint density at radius 1 is 1.00 bits per heavy atom. The summed E-state index contributed by atoms with van der Waals surface area (Å²) in [4.78, 5) is 4.45. The molecule has 29 heavy (non-hydrogen) atoms. The van der Waals surface area contributed by atoms with E-state index in [1.54, 1.807) is 29.2 Å². The van der Waals surface area contributed by atoms with Crippen molar-refractivity contribution < 1.29 is 13.2 Å². The van der Waals surface area contributed by atoms with Crippen LogP contribution in [0.3, 0.4) is 0 Å². The average Bonchev–Trinajstić information content (AvgIpc) is 3.38. The largest absolute Gasteiger partial charge is 0.335 e. The number of hydrogen-bond donors (Lipinski definition) is 0. The lowest BCUT2D eigenvalue weighted by Gasteiger charge is -2.17. The fraction of sp³-hybridized carbons (Fsp3) is 0.158. The third kappa shape index (κ3) is 4.21. The van der Waals surface area contributed by atoms with Crippen LogP contribution in [0, 0.1) is 5.82 Å². The minimum absolute atomic E-state index is 0.163. The van der Waals surface area contributed by atoms with Crippen molar-refractivity contribution in [2.75, 3.05) is 0 Å². The zero-order valence-corrected chi connectivity index (χ0v) is 16.4. The topological polar surface area (TPSA) is 61.4 Å². The predicted molar refractivity (Wildman–Crippen MR) is 103 cm³/mol. The highest BCUT2D eigenvalue weighted by Crippen LogP contribution is 2.27. The zero-order chi connectivity index (χ0) is 20.4. The molecule has 0 spiro atoms. The monoisotopic (exact) mass is 462 g/mol. The number of pyridine rings is 1. The van der Waals surface area contributed by atoms with Crippen molar-refractivity contribution in [2.24, 2.45) is 0 Å². The van der Waals surface area contributed by atoms with Crippen molar-refractivity contribution in [3.63, 3.8) is 0 Å². The van der Waals surface area contributed by atoms with Gasteiger partial charge in [-0.3, -0.25) is 9.67 Å². The van der Waals surface area contributed by atoms with Gasteiger partial charge in [0.15, 0.2) is 0 Å². The summed E-state index contributed by atoms with van der Waals surface area (Å²) >= 11 is 3.36. The number of alkyl halides is 2. The van der Waals surface area contributed by atoms with Gasteiger partial charge in [-0.2, -0.15) is 18.6 Å². The second-order valence-electron chi connectivity index (χ2n) is 6.30. The molecule has 4 rings (SSSR count). The minimum atomic E-state index is -2.81. The van der Waals surface area contributed by atoms with Crippen molar-refractivity contribution in [2.45, 2.75) is 19.0 Å².